The Labute approximate surface area is 115 Å². The van der Waals surface area contributed by atoms with E-state index < -0.39 is 24.5 Å². The minimum Gasteiger partial charge on any atom is -0.480 e. The first-order chi connectivity index (χ1) is 9.04. The van der Waals surface area contributed by atoms with Crippen molar-refractivity contribution in [2.24, 2.45) is 0 Å². The summed E-state index contributed by atoms with van der Waals surface area (Å²) in [4.78, 5) is 22.2. The minimum absolute atomic E-state index is 0.0837. The van der Waals surface area contributed by atoms with Crippen LogP contribution in [0.5, 0.6) is 0 Å². The second kappa shape index (κ2) is 7.60. The molecule has 104 valence electrons. The van der Waals surface area contributed by atoms with Crippen LogP contribution in [0.15, 0.2) is 24.3 Å². The molecule has 0 bridgehead atoms. The largest absolute Gasteiger partial charge is 0.480 e. The van der Waals surface area contributed by atoms with Crippen LogP contribution in [0.3, 0.4) is 0 Å². The summed E-state index contributed by atoms with van der Waals surface area (Å²) >= 11 is 5.47. The fourth-order valence-corrected chi connectivity index (χ4v) is 1.48. The van der Waals surface area contributed by atoms with Crippen molar-refractivity contribution in [2.45, 2.75) is 6.10 Å². The maximum absolute atomic E-state index is 11.8. The number of alkyl halides is 1. The highest BCUT2D eigenvalue weighted by molar-refractivity contribution is 6.18. The van der Waals surface area contributed by atoms with Gasteiger partial charge in [0, 0.05) is 12.2 Å². The highest BCUT2D eigenvalue weighted by atomic mass is 35.5. The third-order valence-corrected chi connectivity index (χ3v) is 2.63. The van der Waals surface area contributed by atoms with Crippen LogP contribution >= 0.6 is 11.6 Å². The number of carboxylic acids is 1. The van der Waals surface area contributed by atoms with Crippen LogP contribution in [0, 0.1) is 0 Å². The quantitative estimate of drug-likeness (QED) is 0.548. The molecule has 6 nitrogen and oxygen atoms in total. The van der Waals surface area contributed by atoms with Crippen molar-refractivity contribution in [1.29, 1.82) is 0 Å². The molecule has 1 rings (SSSR count). The molecule has 19 heavy (non-hydrogen) atoms. The summed E-state index contributed by atoms with van der Waals surface area (Å²) in [7, 11) is 0. The number of carbonyl (C=O) groups excluding carboxylic acids is 1. The van der Waals surface area contributed by atoms with Gasteiger partial charge in [0.25, 0.3) is 5.91 Å². The van der Waals surface area contributed by atoms with Gasteiger partial charge in [-0.2, -0.15) is 0 Å². The van der Waals surface area contributed by atoms with Crippen LogP contribution in [-0.4, -0.2) is 47.2 Å². The number of aliphatic hydroxyl groups is 1. The highest BCUT2D eigenvalue weighted by Gasteiger charge is 2.12. The first kappa shape index (κ1) is 15.3. The van der Waals surface area contributed by atoms with E-state index in [0.29, 0.717) is 11.3 Å². The number of carbonyl (C=O) groups is 2. The number of hydrogen-bond donors (Lipinski definition) is 4. The molecule has 1 atom stereocenters. The molecule has 0 spiro atoms. The topological polar surface area (TPSA) is 98.7 Å². The number of benzene rings is 1. The lowest BCUT2D eigenvalue weighted by Gasteiger charge is -2.13. The van der Waals surface area contributed by atoms with Crippen molar-refractivity contribution in [2.75, 3.05) is 24.3 Å². The third kappa shape index (κ3) is 5.15. The number of rotatable bonds is 7. The summed E-state index contributed by atoms with van der Waals surface area (Å²) in [5.74, 6) is -1.53. The van der Waals surface area contributed by atoms with Gasteiger partial charge in [-0.25, -0.2) is 0 Å². The summed E-state index contributed by atoms with van der Waals surface area (Å²) in [5.41, 5.74) is 0.820. The average molecular weight is 287 g/mol. The molecule has 7 heteroatoms. The molecule has 0 aromatic heterocycles. The summed E-state index contributed by atoms with van der Waals surface area (Å²) in [6, 6.07) is 6.62. The second-order valence-corrected chi connectivity index (χ2v) is 4.12. The summed E-state index contributed by atoms with van der Waals surface area (Å²) in [6.07, 6.45) is -0.725. The number of amides is 1. The van der Waals surface area contributed by atoms with Crippen molar-refractivity contribution in [3.05, 3.63) is 29.8 Å². The lowest BCUT2D eigenvalue weighted by atomic mass is 10.1. The Balaban J connectivity index is 2.71. The Hall–Kier alpha value is -1.79. The van der Waals surface area contributed by atoms with E-state index in [0.717, 1.165) is 0 Å². The number of para-hydroxylation sites is 1. The number of anilines is 1. The minimum atomic E-state index is -1.11. The number of nitrogens with one attached hydrogen (secondary N) is 2. The predicted molar refractivity (Wildman–Crippen MR) is 71.6 cm³/mol. The zero-order valence-corrected chi connectivity index (χ0v) is 10.9. The summed E-state index contributed by atoms with van der Waals surface area (Å²) in [5, 5.41) is 23.0. The van der Waals surface area contributed by atoms with Crippen molar-refractivity contribution in [1.82, 2.24) is 5.32 Å². The van der Waals surface area contributed by atoms with Gasteiger partial charge in [0.15, 0.2) is 0 Å². The van der Waals surface area contributed by atoms with Crippen LogP contribution in [0.4, 0.5) is 5.69 Å². The Bertz CT molecular complexity index is 453. The standard InChI is InChI=1S/C12H15ClN2O4/c13-5-8(16)6-14-10-4-2-1-3-9(10)12(19)15-7-11(17)18/h1-4,8,14,16H,5-7H2,(H,15,19)(H,17,18). The molecule has 0 radical (unpaired) electrons. The predicted octanol–water partition coefficient (Wildman–Crippen LogP) is 0.513. The molecular weight excluding hydrogens is 272 g/mol. The van der Waals surface area contributed by atoms with Gasteiger partial charge in [0.05, 0.1) is 17.5 Å². The molecule has 1 aromatic carbocycles. The number of hydrogen-bond acceptors (Lipinski definition) is 4. The number of halogens is 1. The van der Waals surface area contributed by atoms with Gasteiger partial charge in [-0.15, -0.1) is 11.6 Å². The Morgan fingerprint density at radius 1 is 1.32 bits per heavy atom. The summed E-state index contributed by atoms with van der Waals surface area (Å²) in [6.45, 7) is -0.246. The first-order valence-electron chi connectivity index (χ1n) is 5.61. The monoisotopic (exact) mass is 286 g/mol. The van der Waals surface area contributed by atoms with Crippen molar-refractivity contribution < 1.29 is 19.8 Å². The fourth-order valence-electron chi connectivity index (χ4n) is 1.37. The molecule has 1 unspecified atom stereocenters. The van der Waals surface area contributed by atoms with Gasteiger partial charge < -0.3 is 20.8 Å². The SMILES string of the molecule is O=C(O)CNC(=O)c1ccccc1NCC(O)CCl. The van der Waals surface area contributed by atoms with Crippen LogP contribution < -0.4 is 10.6 Å². The number of aliphatic hydroxyl groups excluding tert-OH is 1. The zero-order valence-electron chi connectivity index (χ0n) is 10.1. The molecule has 0 heterocycles. The lowest BCUT2D eigenvalue weighted by molar-refractivity contribution is -0.135. The van der Waals surface area contributed by atoms with Crippen LogP contribution in [0.1, 0.15) is 10.4 Å². The van der Waals surface area contributed by atoms with E-state index >= 15 is 0 Å². The maximum Gasteiger partial charge on any atom is 0.322 e. The van der Waals surface area contributed by atoms with Gasteiger partial charge in [0.1, 0.15) is 6.54 Å². The molecule has 0 aliphatic carbocycles. The Morgan fingerprint density at radius 3 is 2.63 bits per heavy atom. The van der Waals surface area contributed by atoms with Crippen LogP contribution in [0.25, 0.3) is 0 Å². The van der Waals surface area contributed by atoms with Crippen molar-refractivity contribution in [3.63, 3.8) is 0 Å². The maximum atomic E-state index is 11.8. The average Bonchev–Trinajstić information content (AvgIpc) is 2.42. The van der Waals surface area contributed by atoms with Gasteiger partial charge in [0.2, 0.25) is 0 Å². The normalized spacial score (nSPS) is 11.7. The molecule has 1 amide bonds. The second-order valence-electron chi connectivity index (χ2n) is 3.81. The van der Waals surface area contributed by atoms with Gasteiger partial charge in [-0.1, -0.05) is 12.1 Å². The van der Waals surface area contributed by atoms with E-state index in [4.69, 9.17) is 16.7 Å². The number of carboxylic acid groups (broad SMARTS) is 1. The summed E-state index contributed by atoms with van der Waals surface area (Å²) < 4.78 is 0. The van der Waals surface area contributed by atoms with Crippen molar-refractivity contribution in [3.8, 4) is 0 Å². The highest BCUT2D eigenvalue weighted by Crippen LogP contribution is 2.14. The smallest absolute Gasteiger partial charge is 0.322 e. The number of aliphatic carboxylic acids is 1. The Morgan fingerprint density at radius 2 is 2.00 bits per heavy atom. The third-order valence-electron chi connectivity index (χ3n) is 2.28. The first-order valence-corrected chi connectivity index (χ1v) is 6.15. The van der Waals surface area contributed by atoms with Gasteiger partial charge in [-0.05, 0) is 12.1 Å². The zero-order chi connectivity index (χ0) is 14.3. The molecule has 0 fully saturated rings. The van der Waals surface area contributed by atoms with E-state index in [9.17, 15) is 14.7 Å². The van der Waals surface area contributed by atoms with Crippen LogP contribution in [-0.2, 0) is 4.79 Å². The van der Waals surface area contributed by atoms with E-state index in [-0.39, 0.29) is 12.4 Å². The molecule has 0 saturated heterocycles. The molecule has 1 aromatic rings. The van der Waals surface area contributed by atoms with E-state index in [2.05, 4.69) is 10.6 Å². The van der Waals surface area contributed by atoms with Gasteiger partial charge in [-0.3, -0.25) is 9.59 Å². The molecule has 0 aliphatic heterocycles. The Kier molecular flexibility index (Phi) is 6.11. The molecule has 4 N–H and O–H groups in total. The molecule has 0 aliphatic rings. The van der Waals surface area contributed by atoms with Crippen molar-refractivity contribution >= 4 is 29.2 Å². The van der Waals surface area contributed by atoms with Gasteiger partial charge >= 0.3 is 5.97 Å². The molecule has 0 saturated carbocycles. The molecular formula is C12H15ClN2O4. The lowest BCUT2D eigenvalue weighted by Crippen LogP contribution is -2.30. The fraction of sp³-hybridized carbons (Fsp3) is 0.333. The van der Waals surface area contributed by atoms with E-state index in [1.165, 1.54) is 0 Å². The van der Waals surface area contributed by atoms with E-state index in [1.54, 1.807) is 24.3 Å². The van der Waals surface area contributed by atoms with E-state index in [1.807, 2.05) is 0 Å². The van der Waals surface area contributed by atoms with Crippen LogP contribution in [0.2, 0.25) is 0 Å².